The van der Waals surface area contributed by atoms with E-state index in [1.54, 1.807) is 6.92 Å². The van der Waals surface area contributed by atoms with Gasteiger partial charge >= 0.3 is 0 Å². The first-order valence-corrected chi connectivity index (χ1v) is 6.05. The fourth-order valence-corrected chi connectivity index (χ4v) is 2.00. The molecule has 18 heavy (non-hydrogen) atoms. The summed E-state index contributed by atoms with van der Waals surface area (Å²) in [5.41, 5.74) is 4.26. The summed E-state index contributed by atoms with van der Waals surface area (Å²) in [4.78, 5) is 11.3. The van der Waals surface area contributed by atoms with Gasteiger partial charge in [-0.2, -0.15) is 0 Å². The minimum atomic E-state index is 0.100. The summed E-state index contributed by atoms with van der Waals surface area (Å²) in [5.74, 6) is 0.100. The van der Waals surface area contributed by atoms with Gasteiger partial charge in [-0.1, -0.05) is 60.7 Å². The third kappa shape index (κ3) is 2.57. The third-order valence-electron chi connectivity index (χ3n) is 2.98. The Balaban J connectivity index is 2.38. The van der Waals surface area contributed by atoms with Gasteiger partial charge in [0.25, 0.3) is 0 Å². The number of carbonyl (C=O) groups excluding carboxylic acids is 1. The van der Waals surface area contributed by atoms with E-state index < -0.39 is 0 Å². The second-order valence-electron chi connectivity index (χ2n) is 4.20. The zero-order valence-electron chi connectivity index (χ0n) is 10.7. The summed E-state index contributed by atoms with van der Waals surface area (Å²) < 4.78 is 0. The Kier molecular flexibility index (Phi) is 3.73. The molecule has 0 bridgehead atoms. The molecule has 1 heteroatoms. The molecule has 0 spiro atoms. The summed E-state index contributed by atoms with van der Waals surface area (Å²) in [6.07, 6.45) is 2.10. The van der Waals surface area contributed by atoms with Crippen LogP contribution in [0.2, 0.25) is 0 Å². The van der Waals surface area contributed by atoms with Gasteiger partial charge < -0.3 is 0 Å². The van der Waals surface area contributed by atoms with E-state index in [0.717, 1.165) is 11.1 Å². The number of hydrogen-bond acceptors (Lipinski definition) is 1. The van der Waals surface area contributed by atoms with Gasteiger partial charge in [0.15, 0.2) is 5.78 Å². The van der Waals surface area contributed by atoms with E-state index in [1.807, 2.05) is 49.4 Å². The molecule has 2 rings (SSSR count). The maximum atomic E-state index is 11.3. The smallest absolute Gasteiger partial charge is 0.159 e. The Morgan fingerprint density at radius 3 is 1.83 bits per heavy atom. The highest BCUT2D eigenvalue weighted by Crippen LogP contribution is 2.23. The normalized spacial score (nSPS) is 11.3. The second kappa shape index (κ2) is 5.46. The predicted molar refractivity (Wildman–Crippen MR) is 75.6 cm³/mol. The minimum Gasteiger partial charge on any atom is -0.295 e. The largest absolute Gasteiger partial charge is 0.295 e. The number of ketones is 1. The van der Waals surface area contributed by atoms with Crippen molar-refractivity contribution in [1.82, 2.24) is 0 Å². The van der Waals surface area contributed by atoms with Crippen molar-refractivity contribution in [2.24, 2.45) is 0 Å². The van der Waals surface area contributed by atoms with E-state index in [4.69, 9.17) is 0 Å². The molecule has 0 amide bonds. The predicted octanol–water partition coefficient (Wildman–Crippen LogP) is 4.34. The Bertz CT molecular complexity index is 562. The Morgan fingerprint density at radius 2 is 1.33 bits per heavy atom. The SMILES string of the molecule is C/C=C(\c1ccccc1)c1ccc(C(C)=O)cc1. The average molecular weight is 236 g/mol. The maximum absolute atomic E-state index is 11.3. The van der Waals surface area contributed by atoms with Gasteiger partial charge in [-0.15, -0.1) is 0 Å². The summed E-state index contributed by atoms with van der Waals surface area (Å²) in [7, 11) is 0. The van der Waals surface area contributed by atoms with Crippen LogP contribution in [0.15, 0.2) is 60.7 Å². The van der Waals surface area contributed by atoms with E-state index in [0.29, 0.717) is 0 Å². The molecule has 2 aromatic carbocycles. The molecule has 0 heterocycles. The lowest BCUT2D eigenvalue weighted by Gasteiger charge is -2.08. The van der Waals surface area contributed by atoms with Crippen LogP contribution in [0, 0.1) is 0 Å². The van der Waals surface area contributed by atoms with E-state index >= 15 is 0 Å². The van der Waals surface area contributed by atoms with Crippen molar-refractivity contribution in [3.05, 3.63) is 77.4 Å². The Hall–Kier alpha value is -2.15. The first kappa shape index (κ1) is 12.3. The molecule has 0 N–H and O–H groups in total. The number of benzene rings is 2. The van der Waals surface area contributed by atoms with Crippen molar-refractivity contribution >= 4 is 11.4 Å². The average Bonchev–Trinajstić information content (AvgIpc) is 2.41. The molecule has 0 atom stereocenters. The van der Waals surface area contributed by atoms with Crippen LogP contribution < -0.4 is 0 Å². The number of Topliss-reactive ketones (excluding diaryl/α,β-unsaturated/α-hetero) is 1. The standard InChI is InChI=1S/C17H16O/c1-3-17(15-7-5-4-6-8-15)16-11-9-14(10-12-16)13(2)18/h3-12H,1-2H3/b17-3+. The van der Waals surface area contributed by atoms with Crippen molar-refractivity contribution < 1.29 is 4.79 Å². The Labute approximate surface area is 108 Å². The Morgan fingerprint density at radius 1 is 0.833 bits per heavy atom. The van der Waals surface area contributed by atoms with Gasteiger partial charge in [-0.3, -0.25) is 4.79 Å². The molecular weight excluding hydrogens is 220 g/mol. The highest BCUT2D eigenvalue weighted by atomic mass is 16.1. The highest BCUT2D eigenvalue weighted by Gasteiger charge is 2.04. The van der Waals surface area contributed by atoms with Crippen molar-refractivity contribution in [2.45, 2.75) is 13.8 Å². The maximum Gasteiger partial charge on any atom is 0.159 e. The first-order valence-electron chi connectivity index (χ1n) is 6.05. The van der Waals surface area contributed by atoms with Crippen molar-refractivity contribution in [3.8, 4) is 0 Å². The van der Waals surface area contributed by atoms with Gasteiger partial charge in [0.1, 0.15) is 0 Å². The van der Waals surface area contributed by atoms with Crippen LogP contribution in [0.1, 0.15) is 35.3 Å². The molecular formula is C17H16O. The molecule has 0 unspecified atom stereocenters. The van der Waals surface area contributed by atoms with Crippen LogP contribution in [-0.2, 0) is 0 Å². The fourth-order valence-electron chi connectivity index (χ4n) is 2.00. The quantitative estimate of drug-likeness (QED) is 0.724. The molecule has 0 aliphatic carbocycles. The lowest BCUT2D eigenvalue weighted by atomic mass is 9.96. The molecule has 90 valence electrons. The van der Waals surface area contributed by atoms with Crippen LogP contribution in [0.4, 0.5) is 0 Å². The molecule has 0 saturated carbocycles. The van der Waals surface area contributed by atoms with Crippen molar-refractivity contribution in [2.75, 3.05) is 0 Å². The van der Waals surface area contributed by atoms with Gasteiger partial charge in [0.2, 0.25) is 0 Å². The van der Waals surface area contributed by atoms with E-state index in [1.165, 1.54) is 11.1 Å². The number of rotatable bonds is 3. The highest BCUT2D eigenvalue weighted by molar-refractivity contribution is 5.94. The van der Waals surface area contributed by atoms with Gasteiger partial charge in [-0.25, -0.2) is 0 Å². The molecule has 0 aromatic heterocycles. The number of hydrogen-bond donors (Lipinski definition) is 0. The van der Waals surface area contributed by atoms with Crippen molar-refractivity contribution in [1.29, 1.82) is 0 Å². The molecule has 0 aliphatic rings. The van der Waals surface area contributed by atoms with Crippen LogP contribution in [0.5, 0.6) is 0 Å². The first-order chi connectivity index (χ1) is 8.72. The van der Waals surface area contributed by atoms with Crippen LogP contribution in [-0.4, -0.2) is 5.78 Å². The van der Waals surface area contributed by atoms with Crippen LogP contribution in [0.3, 0.4) is 0 Å². The second-order valence-corrected chi connectivity index (χ2v) is 4.20. The molecule has 2 aromatic rings. The summed E-state index contributed by atoms with van der Waals surface area (Å²) in [6, 6.07) is 18.0. The zero-order chi connectivity index (χ0) is 13.0. The monoisotopic (exact) mass is 236 g/mol. The van der Waals surface area contributed by atoms with Crippen molar-refractivity contribution in [3.63, 3.8) is 0 Å². The number of allylic oxidation sites excluding steroid dienone is 1. The van der Waals surface area contributed by atoms with Gasteiger partial charge in [-0.05, 0) is 30.5 Å². The van der Waals surface area contributed by atoms with Gasteiger partial charge in [0, 0.05) is 5.56 Å². The number of carbonyl (C=O) groups is 1. The zero-order valence-corrected chi connectivity index (χ0v) is 10.7. The summed E-state index contributed by atoms with van der Waals surface area (Å²) in [5, 5.41) is 0. The topological polar surface area (TPSA) is 17.1 Å². The third-order valence-corrected chi connectivity index (χ3v) is 2.98. The van der Waals surface area contributed by atoms with Crippen LogP contribution in [0.25, 0.3) is 5.57 Å². The van der Waals surface area contributed by atoms with E-state index in [2.05, 4.69) is 18.2 Å². The van der Waals surface area contributed by atoms with E-state index in [-0.39, 0.29) is 5.78 Å². The summed E-state index contributed by atoms with van der Waals surface area (Å²) in [6.45, 7) is 3.62. The van der Waals surface area contributed by atoms with Gasteiger partial charge in [0.05, 0.1) is 0 Å². The lowest BCUT2D eigenvalue weighted by molar-refractivity contribution is 0.101. The fraction of sp³-hybridized carbons (Fsp3) is 0.118. The van der Waals surface area contributed by atoms with E-state index in [9.17, 15) is 4.79 Å². The molecule has 0 aliphatic heterocycles. The molecule has 0 radical (unpaired) electrons. The van der Waals surface area contributed by atoms with Crippen LogP contribution >= 0.6 is 0 Å². The minimum absolute atomic E-state index is 0.100. The molecule has 1 nitrogen and oxygen atoms in total. The lowest BCUT2D eigenvalue weighted by Crippen LogP contribution is -1.93. The summed E-state index contributed by atoms with van der Waals surface area (Å²) >= 11 is 0. The molecule has 0 saturated heterocycles. The molecule has 0 fully saturated rings.